The third kappa shape index (κ3) is 2.94. The van der Waals surface area contributed by atoms with Crippen molar-refractivity contribution in [3.05, 3.63) is 57.5 Å². The van der Waals surface area contributed by atoms with E-state index in [4.69, 9.17) is 10.2 Å². The lowest BCUT2D eigenvalue weighted by atomic mass is 10.1. The van der Waals surface area contributed by atoms with Crippen LogP contribution in [0.4, 0.5) is 11.4 Å². The maximum atomic E-state index is 11.9. The monoisotopic (exact) mass is 275 g/mol. The summed E-state index contributed by atoms with van der Waals surface area (Å²) in [6.45, 7) is 2.01. The van der Waals surface area contributed by atoms with Gasteiger partial charge >= 0.3 is 0 Å². The van der Waals surface area contributed by atoms with Crippen LogP contribution in [0.1, 0.15) is 21.9 Å². The number of aryl methyl sites for hydroxylation is 1. The number of carbonyl (C=O) groups excluding carboxylic acids is 1. The fourth-order valence-electron chi connectivity index (χ4n) is 1.69. The molecule has 0 spiro atoms. The zero-order chi connectivity index (χ0) is 14.7. The highest BCUT2D eigenvalue weighted by molar-refractivity contribution is 5.95. The van der Waals surface area contributed by atoms with Crippen molar-refractivity contribution in [3.8, 4) is 0 Å². The van der Waals surface area contributed by atoms with Crippen LogP contribution in [0.3, 0.4) is 0 Å². The van der Waals surface area contributed by atoms with Crippen molar-refractivity contribution in [3.63, 3.8) is 0 Å². The molecule has 0 aliphatic rings. The number of benzene rings is 1. The van der Waals surface area contributed by atoms with Gasteiger partial charge in [-0.3, -0.25) is 14.9 Å². The molecule has 3 N–H and O–H groups in total. The third-order valence-corrected chi connectivity index (χ3v) is 2.71. The number of nitrogen functional groups attached to an aromatic ring is 1. The van der Waals surface area contributed by atoms with E-state index in [0.29, 0.717) is 5.76 Å². The Bertz CT molecular complexity index is 663. The van der Waals surface area contributed by atoms with E-state index in [0.717, 1.165) is 11.8 Å². The molecule has 2 aromatic rings. The van der Waals surface area contributed by atoms with Gasteiger partial charge in [-0.05, 0) is 31.2 Å². The van der Waals surface area contributed by atoms with Crippen LogP contribution in [0.15, 0.2) is 34.7 Å². The molecule has 0 radical (unpaired) electrons. The molecule has 0 saturated carbocycles. The molecule has 2 rings (SSSR count). The smallest absolute Gasteiger partial charge is 0.292 e. The van der Waals surface area contributed by atoms with Crippen molar-refractivity contribution in [2.24, 2.45) is 0 Å². The molecule has 0 aliphatic carbocycles. The number of hydrogen-bond acceptors (Lipinski definition) is 5. The van der Waals surface area contributed by atoms with Gasteiger partial charge in [-0.15, -0.1) is 0 Å². The highest BCUT2D eigenvalue weighted by Crippen LogP contribution is 2.22. The maximum Gasteiger partial charge on any atom is 0.292 e. The van der Waals surface area contributed by atoms with E-state index >= 15 is 0 Å². The van der Waals surface area contributed by atoms with Crippen LogP contribution in [0, 0.1) is 17.0 Å². The Balaban J connectivity index is 2.09. The number of carbonyl (C=O) groups is 1. The minimum Gasteiger partial charge on any atom is -0.465 e. The SMILES string of the molecule is Cc1ccc(CNC(=O)c2ccc(N)c([N+](=O)[O-])c2)o1. The number of amides is 1. The van der Waals surface area contributed by atoms with E-state index in [1.165, 1.54) is 12.1 Å². The van der Waals surface area contributed by atoms with Crippen LogP contribution in [0.5, 0.6) is 0 Å². The number of furan rings is 1. The van der Waals surface area contributed by atoms with Crippen molar-refractivity contribution in [2.75, 3.05) is 5.73 Å². The summed E-state index contributed by atoms with van der Waals surface area (Å²) >= 11 is 0. The van der Waals surface area contributed by atoms with Gasteiger partial charge in [-0.25, -0.2) is 0 Å². The van der Waals surface area contributed by atoms with Crippen molar-refractivity contribution >= 4 is 17.3 Å². The Labute approximate surface area is 114 Å². The zero-order valence-electron chi connectivity index (χ0n) is 10.8. The molecule has 0 unspecified atom stereocenters. The number of anilines is 1. The summed E-state index contributed by atoms with van der Waals surface area (Å²) in [6.07, 6.45) is 0. The largest absolute Gasteiger partial charge is 0.465 e. The van der Waals surface area contributed by atoms with Gasteiger partial charge in [-0.1, -0.05) is 0 Å². The molecule has 1 aromatic heterocycles. The highest BCUT2D eigenvalue weighted by atomic mass is 16.6. The lowest BCUT2D eigenvalue weighted by Gasteiger charge is -2.04. The van der Waals surface area contributed by atoms with Gasteiger partial charge < -0.3 is 15.5 Å². The topological polar surface area (TPSA) is 111 Å². The first-order valence-corrected chi connectivity index (χ1v) is 5.85. The molecule has 0 aliphatic heterocycles. The van der Waals surface area contributed by atoms with Crippen LogP contribution in [0.25, 0.3) is 0 Å². The highest BCUT2D eigenvalue weighted by Gasteiger charge is 2.15. The standard InChI is InChI=1S/C13H13N3O4/c1-8-2-4-10(20-8)7-15-13(17)9-3-5-11(14)12(6-9)16(18)19/h2-6H,7,14H2,1H3,(H,15,17). The Morgan fingerprint density at radius 3 is 2.75 bits per heavy atom. The number of nitrogens with zero attached hydrogens (tertiary/aromatic N) is 1. The molecule has 1 aromatic carbocycles. The van der Waals surface area contributed by atoms with Crippen LogP contribution in [0.2, 0.25) is 0 Å². The summed E-state index contributed by atoms with van der Waals surface area (Å²) in [5, 5.41) is 13.4. The molecule has 1 amide bonds. The molecule has 0 fully saturated rings. The summed E-state index contributed by atoms with van der Waals surface area (Å²) < 4.78 is 5.31. The first kappa shape index (κ1) is 13.6. The number of nitro benzene ring substituents is 1. The lowest BCUT2D eigenvalue weighted by molar-refractivity contribution is -0.383. The molecule has 0 saturated heterocycles. The quantitative estimate of drug-likeness (QED) is 0.503. The average molecular weight is 275 g/mol. The number of nitrogens with one attached hydrogen (secondary N) is 1. The second kappa shape index (κ2) is 5.43. The average Bonchev–Trinajstić information content (AvgIpc) is 2.82. The lowest BCUT2D eigenvalue weighted by Crippen LogP contribution is -2.22. The second-order valence-electron chi connectivity index (χ2n) is 4.23. The summed E-state index contributed by atoms with van der Waals surface area (Å²) in [7, 11) is 0. The van der Waals surface area contributed by atoms with Gasteiger partial charge in [0.25, 0.3) is 11.6 Å². The number of rotatable bonds is 4. The van der Waals surface area contributed by atoms with Crippen LogP contribution < -0.4 is 11.1 Å². The Morgan fingerprint density at radius 1 is 1.40 bits per heavy atom. The zero-order valence-corrected chi connectivity index (χ0v) is 10.8. The Hall–Kier alpha value is -2.83. The van der Waals surface area contributed by atoms with Gasteiger partial charge in [0.2, 0.25) is 0 Å². The summed E-state index contributed by atoms with van der Waals surface area (Å²) in [5.74, 6) is 0.931. The normalized spacial score (nSPS) is 10.2. The molecular formula is C13H13N3O4. The molecule has 7 heteroatoms. The van der Waals surface area contributed by atoms with Crippen LogP contribution in [-0.2, 0) is 6.54 Å². The molecule has 20 heavy (non-hydrogen) atoms. The minimum atomic E-state index is -0.623. The predicted molar refractivity (Wildman–Crippen MR) is 72.1 cm³/mol. The second-order valence-corrected chi connectivity index (χ2v) is 4.23. The molecule has 104 valence electrons. The van der Waals surface area contributed by atoms with Crippen molar-refractivity contribution in [1.82, 2.24) is 5.32 Å². The van der Waals surface area contributed by atoms with E-state index in [9.17, 15) is 14.9 Å². The fourth-order valence-corrected chi connectivity index (χ4v) is 1.69. The summed E-state index contributed by atoms with van der Waals surface area (Å²) in [6, 6.07) is 7.46. The first-order chi connectivity index (χ1) is 9.47. The van der Waals surface area contributed by atoms with Gasteiger partial charge in [0.1, 0.15) is 17.2 Å². The molecule has 1 heterocycles. The molecular weight excluding hydrogens is 262 g/mol. The maximum absolute atomic E-state index is 11.9. The van der Waals surface area contributed by atoms with Gasteiger partial charge in [-0.2, -0.15) is 0 Å². The molecule has 0 bridgehead atoms. The van der Waals surface area contributed by atoms with Gasteiger partial charge in [0.05, 0.1) is 11.5 Å². The number of nitro groups is 1. The van der Waals surface area contributed by atoms with Gasteiger partial charge in [0.15, 0.2) is 0 Å². The number of hydrogen-bond donors (Lipinski definition) is 2. The van der Waals surface area contributed by atoms with Crippen molar-refractivity contribution in [2.45, 2.75) is 13.5 Å². The van der Waals surface area contributed by atoms with E-state index < -0.39 is 10.8 Å². The first-order valence-electron chi connectivity index (χ1n) is 5.85. The minimum absolute atomic E-state index is 0.0215. The summed E-state index contributed by atoms with van der Waals surface area (Å²) in [5.41, 5.74) is 5.38. The van der Waals surface area contributed by atoms with E-state index in [-0.39, 0.29) is 23.5 Å². The van der Waals surface area contributed by atoms with Crippen molar-refractivity contribution < 1.29 is 14.1 Å². The Kier molecular flexibility index (Phi) is 3.69. The van der Waals surface area contributed by atoms with Crippen molar-refractivity contribution in [1.29, 1.82) is 0 Å². The Morgan fingerprint density at radius 2 is 2.15 bits per heavy atom. The summed E-state index contributed by atoms with van der Waals surface area (Å²) in [4.78, 5) is 22.0. The fraction of sp³-hybridized carbons (Fsp3) is 0.154. The van der Waals surface area contributed by atoms with Gasteiger partial charge in [0, 0.05) is 11.6 Å². The number of nitrogens with two attached hydrogens (primary N) is 1. The predicted octanol–water partition coefficient (Wildman–Crippen LogP) is 2.01. The van der Waals surface area contributed by atoms with E-state index in [1.807, 2.05) is 0 Å². The van der Waals surface area contributed by atoms with Crippen LogP contribution >= 0.6 is 0 Å². The molecule has 7 nitrogen and oxygen atoms in total. The van der Waals surface area contributed by atoms with E-state index in [1.54, 1.807) is 19.1 Å². The van der Waals surface area contributed by atoms with E-state index in [2.05, 4.69) is 5.32 Å². The third-order valence-electron chi connectivity index (χ3n) is 2.71. The van der Waals surface area contributed by atoms with Crippen LogP contribution in [-0.4, -0.2) is 10.8 Å². The molecule has 0 atom stereocenters.